The molecule has 1 fully saturated rings. The second-order valence-electron chi connectivity index (χ2n) is 6.72. The van der Waals surface area contributed by atoms with Crippen molar-refractivity contribution in [1.82, 2.24) is 15.5 Å². The maximum Gasteiger partial charge on any atom is 0.251 e. The van der Waals surface area contributed by atoms with Crippen LogP contribution in [-0.4, -0.2) is 48.4 Å². The Morgan fingerprint density at radius 2 is 1.74 bits per heavy atom. The molecule has 144 valence electrons. The molecule has 1 heterocycles. The van der Waals surface area contributed by atoms with Crippen LogP contribution in [0.5, 0.6) is 0 Å². The first kappa shape index (κ1) is 20.9. The molecule has 2 atom stereocenters. The lowest BCUT2D eigenvalue weighted by molar-refractivity contribution is -0.134. The van der Waals surface area contributed by atoms with Gasteiger partial charge in [-0.1, -0.05) is 48.5 Å². The zero-order valence-electron chi connectivity index (χ0n) is 15.4. The Hall–Kier alpha value is -2.37. The third kappa shape index (κ3) is 5.81. The summed E-state index contributed by atoms with van der Waals surface area (Å²) in [5.74, 6) is -0.241. The molecule has 5 nitrogen and oxygen atoms in total. The van der Waals surface area contributed by atoms with E-state index < -0.39 is 6.04 Å². The maximum absolute atomic E-state index is 13.1. The van der Waals surface area contributed by atoms with Gasteiger partial charge in [-0.3, -0.25) is 9.59 Å². The van der Waals surface area contributed by atoms with Crippen LogP contribution in [0.25, 0.3) is 0 Å². The number of hydrogen-bond acceptors (Lipinski definition) is 3. The van der Waals surface area contributed by atoms with E-state index in [2.05, 4.69) is 17.6 Å². The van der Waals surface area contributed by atoms with Crippen LogP contribution in [0, 0.1) is 0 Å². The van der Waals surface area contributed by atoms with Crippen LogP contribution in [0.2, 0.25) is 0 Å². The van der Waals surface area contributed by atoms with Gasteiger partial charge >= 0.3 is 0 Å². The van der Waals surface area contributed by atoms with Crippen LogP contribution in [0.15, 0.2) is 60.7 Å². The number of carbonyl (C=O) groups excluding carboxylic acids is 2. The SMILES string of the molecule is CC1CN(C(=O)C(Cc2ccccc2)NC(=O)c2ccccc2)CCN1.Cl. The highest BCUT2D eigenvalue weighted by Crippen LogP contribution is 2.10. The van der Waals surface area contributed by atoms with Gasteiger partial charge < -0.3 is 15.5 Å². The van der Waals surface area contributed by atoms with Gasteiger partial charge in [0, 0.05) is 37.7 Å². The van der Waals surface area contributed by atoms with Gasteiger partial charge in [0.15, 0.2) is 0 Å². The van der Waals surface area contributed by atoms with Crippen LogP contribution < -0.4 is 10.6 Å². The number of hydrogen-bond donors (Lipinski definition) is 2. The van der Waals surface area contributed by atoms with E-state index >= 15 is 0 Å². The first-order valence-corrected chi connectivity index (χ1v) is 9.05. The molecule has 2 amide bonds. The zero-order chi connectivity index (χ0) is 18.4. The monoisotopic (exact) mass is 387 g/mol. The Kier molecular flexibility index (Phi) is 7.82. The van der Waals surface area contributed by atoms with Gasteiger partial charge in [-0.2, -0.15) is 0 Å². The molecule has 2 aromatic carbocycles. The van der Waals surface area contributed by atoms with E-state index in [0.717, 1.165) is 12.1 Å². The fourth-order valence-corrected chi connectivity index (χ4v) is 3.23. The first-order valence-electron chi connectivity index (χ1n) is 9.05. The number of nitrogens with one attached hydrogen (secondary N) is 2. The Balaban J connectivity index is 0.00000261. The highest BCUT2D eigenvalue weighted by Gasteiger charge is 2.29. The summed E-state index contributed by atoms with van der Waals surface area (Å²) in [7, 11) is 0. The number of halogens is 1. The van der Waals surface area contributed by atoms with E-state index in [1.54, 1.807) is 12.1 Å². The predicted octanol–water partition coefficient (Wildman–Crippen LogP) is 2.27. The molecule has 0 aromatic heterocycles. The van der Waals surface area contributed by atoms with Crippen LogP contribution >= 0.6 is 12.4 Å². The summed E-state index contributed by atoms with van der Waals surface area (Å²) in [4.78, 5) is 27.5. The van der Waals surface area contributed by atoms with Gasteiger partial charge in [0.25, 0.3) is 5.91 Å². The van der Waals surface area contributed by atoms with Crippen molar-refractivity contribution in [2.45, 2.75) is 25.4 Å². The van der Waals surface area contributed by atoms with Crippen LogP contribution in [0.3, 0.4) is 0 Å². The summed E-state index contributed by atoms with van der Waals surface area (Å²) >= 11 is 0. The number of rotatable bonds is 5. The predicted molar refractivity (Wildman–Crippen MR) is 109 cm³/mol. The van der Waals surface area contributed by atoms with Crippen molar-refractivity contribution in [3.63, 3.8) is 0 Å². The van der Waals surface area contributed by atoms with E-state index in [4.69, 9.17) is 0 Å². The average molecular weight is 388 g/mol. The maximum atomic E-state index is 13.1. The van der Waals surface area contributed by atoms with Crippen molar-refractivity contribution in [2.24, 2.45) is 0 Å². The number of nitrogens with zero attached hydrogens (tertiary/aromatic N) is 1. The lowest BCUT2D eigenvalue weighted by Crippen LogP contribution is -2.57. The molecule has 0 saturated carbocycles. The van der Waals surface area contributed by atoms with Crippen molar-refractivity contribution in [2.75, 3.05) is 19.6 Å². The molecule has 0 bridgehead atoms. The second kappa shape index (κ2) is 10.1. The van der Waals surface area contributed by atoms with Crippen molar-refractivity contribution >= 4 is 24.2 Å². The van der Waals surface area contributed by atoms with Gasteiger partial charge in [-0.25, -0.2) is 0 Å². The van der Waals surface area contributed by atoms with Crippen LogP contribution in [-0.2, 0) is 11.2 Å². The Labute approximate surface area is 166 Å². The van der Waals surface area contributed by atoms with Gasteiger partial charge in [0.2, 0.25) is 5.91 Å². The minimum Gasteiger partial charge on any atom is -0.340 e. The van der Waals surface area contributed by atoms with E-state index in [-0.39, 0.29) is 30.3 Å². The smallest absolute Gasteiger partial charge is 0.251 e. The lowest BCUT2D eigenvalue weighted by atomic mass is 10.0. The molecule has 0 radical (unpaired) electrons. The van der Waals surface area contributed by atoms with Gasteiger partial charge in [0.05, 0.1) is 0 Å². The first-order chi connectivity index (χ1) is 12.6. The summed E-state index contributed by atoms with van der Waals surface area (Å²) in [6, 6.07) is 18.5. The molecule has 6 heteroatoms. The molecule has 1 saturated heterocycles. The van der Waals surface area contributed by atoms with E-state index in [1.165, 1.54) is 0 Å². The molecule has 0 spiro atoms. The minimum absolute atomic E-state index is 0. The summed E-state index contributed by atoms with van der Waals surface area (Å²) in [6.07, 6.45) is 0.483. The summed E-state index contributed by atoms with van der Waals surface area (Å²) in [5.41, 5.74) is 1.59. The topological polar surface area (TPSA) is 61.4 Å². The fourth-order valence-electron chi connectivity index (χ4n) is 3.23. The summed E-state index contributed by atoms with van der Waals surface area (Å²) in [5, 5.41) is 6.28. The molecule has 2 unspecified atom stereocenters. The number of carbonyl (C=O) groups is 2. The molecular weight excluding hydrogens is 362 g/mol. The van der Waals surface area contributed by atoms with Crippen LogP contribution in [0.1, 0.15) is 22.8 Å². The van der Waals surface area contributed by atoms with E-state index in [9.17, 15) is 9.59 Å². The molecule has 2 N–H and O–H groups in total. The quantitative estimate of drug-likeness (QED) is 0.827. The molecule has 0 aliphatic carbocycles. The highest BCUT2D eigenvalue weighted by atomic mass is 35.5. The molecular formula is C21H26ClN3O2. The molecule has 1 aliphatic heterocycles. The molecule has 2 aromatic rings. The summed E-state index contributed by atoms with van der Waals surface area (Å²) < 4.78 is 0. The van der Waals surface area contributed by atoms with Crippen molar-refractivity contribution in [3.8, 4) is 0 Å². The normalized spacial score (nSPS) is 17.5. The number of piperazine rings is 1. The Morgan fingerprint density at radius 1 is 1.11 bits per heavy atom. The lowest BCUT2D eigenvalue weighted by Gasteiger charge is -2.34. The van der Waals surface area contributed by atoms with E-state index in [1.807, 2.05) is 53.4 Å². The Bertz CT molecular complexity index is 740. The van der Waals surface area contributed by atoms with Crippen molar-refractivity contribution in [1.29, 1.82) is 0 Å². The van der Waals surface area contributed by atoms with E-state index in [0.29, 0.717) is 25.1 Å². The van der Waals surface area contributed by atoms with Gasteiger partial charge in [-0.15, -0.1) is 12.4 Å². The molecule has 1 aliphatic rings. The highest BCUT2D eigenvalue weighted by molar-refractivity contribution is 5.97. The number of benzene rings is 2. The fraction of sp³-hybridized carbons (Fsp3) is 0.333. The second-order valence-corrected chi connectivity index (χ2v) is 6.72. The molecule has 3 rings (SSSR count). The standard InChI is InChI=1S/C21H25N3O2.ClH/c1-16-15-24(13-12-22-16)21(26)19(14-17-8-4-2-5-9-17)23-20(25)18-10-6-3-7-11-18;/h2-11,16,19,22H,12-15H2,1H3,(H,23,25);1H. The molecule has 27 heavy (non-hydrogen) atoms. The van der Waals surface area contributed by atoms with Gasteiger partial charge in [0.1, 0.15) is 6.04 Å². The zero-order valence-corrected chi connectivity index (χ0v) is 16.2. The average Bonchev–Trinajstić information content (AvgIpc) is 2.68. The third-order valence-electron chi connectivity index (χ3n) is 4.60. The minimum atomic E-state index is -0.574. The van der Waals surface area contributed by atoms with Crippen LogP contribution in [0.4, 0.5) is 0 Å². The largest absolute Gasteiger partial charge is 0.340 e. The van der Waals surface area contributed by atoms with Crippen molar-refractivity contribution in [3.05, 3.63) is 71.8 Å². The van der Waals surface area contributed by atoms with Crippen molar-refractivity contribution < 1.29 is 9.59 Å². The number of amides is 2. The summed E-state index contributed by atoms with van der Waals surface area (Å²) in [6.45, 7) is 4.16. The van der Waals surface area contributed by atoms with Gasteiger partial charge in [-0.05, 0) is 24.6 Å². The Morgan fingerprint density at radius 3 is 2.37 bits per heavy atom. The third-order valence-corrected chi connectivity index (χ3v) is 4.60.